The van der Waals surface area contributed by atoms with Gasteiger partial charge in [-0.15, -0.1) is 0 Å². The van der Waals surface area contributed by atoms with E-state index >= 15 is 0 Å². The normalized spacial score (nSPS) is 11.9. The lowest BCUT2D eigenvalue weighted by Crippen LogP contribution is -2.25. The van der Waals surface area contributed by atoms with E-state index in [0.717, 1.165) is 94.9 Å². The Morgan fingerprint density at radius 3 is 1.19 bits per heavy atom. The third-order valence-corrected chi connectivity index (χ3v) is 11.9. The Morgan fingerprint density at radius 2 is 0.828 bits per heavy atom. The van der Waals surface area contributed by atoms with Crippen LogP contribution in [0.1, 0.15) is 55.4 Å². The number of aromatic amines is 2. The molecule has 0 radical (unpaired) electrons. The summed E-state index contributed by atoms with van der Waals surface area (Å²) in [7, 11) is 0. The summed E-state index contributed by atoms with van der Waals surface area (Å²) in [6.45, 7) is 6.65. The predicted molar refractivity (Wildman–Crippen MR) is 261 cm³/mol. The van der Waals surface area contributed by atoms with Crippen LogP contribution in [0, 0.1) is 20.8 Å². The minimum Gasteiger partial charge on any atom is -0.504 e. The predicted octanol–water partition coefficient (Wildman–Crippen LogP) is 12.6. The Hall–Kier alpha value is -8.23. The summed E-state index contributed by atoms with van der Waals surface area (Å²) < 4.78 is 0. The summed E-state index contributed by atoms with van der Waals surface area (Å²) >= 11 is 0. The van der Waals surface area contributed by atoms with Crippen molar-refractivity contribution in [3.63, 3.8) is 0 Å². The van der Waals surface area contributed by atoms with Crippen molar-refractivity contribution in [3.05, 3.63) is 190 Å². The molecule has 3 aromatic heterocycles. The first-order chi connectivity index (χ1) is 31.1. The van der Waals surface area contributed by atoms with E-state index in [1.54, 1.807) is 6.07 Å². The third-order valence-electron chi connectivity index (χ3n) is 11.9. The van der Waals surface area contributed by atoms with E-state index in [2.05, 4.69) is 157 Å². The number of phenolic OH excluding ortho intramolecular Hbond substituents is 2. The molecule has 0 atom stereocenters. The number of fused-ring (bicyclic) bond motifs is 8. The molecular formula is C56H45N5O3. The quantitative estimate of drug-likeness (QED) is 0.0974. The number of nitrogens with one attached hydrogen (secondary N) is 3. The first-order valence-corrected chi connectivity index (χ1v) is 21.4. The summed E-state index contributed by atoms with van der Waals surface area (Å²) in [6, 6.07) is 46.5. The molecule has 2 aliphatic heterocycles. The number of carbonyl (C=O) groups is 1. The largest absolute Gasteiger partial charge is 0.504 e. The fourth-order valence-electron chi connectivity index (χ4n) is 8.52. The molecule has 0 aliphatic carbocycles. The van der Waals surface area contributed by atoms with E-state index < -0.39 is 0 Å². The highest BCUT2D eigenvalue weighted by atomic mass is 16.3. The monoisotopic (exact) mass is 835 g/mol. The lowest BCUT2D eigenvalue weighted by atomic mass is 10.0. The molecule has 5 heterocycles. The number of H-pyrrole nitrogens is 2. The molecule has 10 rings (SSSR count). The van der Waals surface area contributed by atoms with Crippen molar-refractivity contribution in [1.29, 1.82) is 0 Å². The Labute approximate surface area is 371 Å². The molecule has 5 N–H and O–H groups in total. The van der Waals surface area contributed by atoms with Gasteiger partial charge >= 0.3 is 0 Å². The van der Waals surface area contributed by atoms with Gasteiger partial charge in [0.05, 0.1) is 22.8 Å². The van der Waals surface area contributed by atoms with Crippen molar-refractivity contribution in [2.24, 2.45) is 0 Å². The van der Waals surface area contributed by atoms with Crippen molar-refractivity contribution in [1.82, 2.24) is 25.3 Å². The van der Waals surface area contributed by atoms with Crippen LogP contribution in [-0.2, 0) is 6.42 Å². The Bertz CT molecular complexity index is 3290. The highest BCUT2D eigenvalue weighted by Crippen LogP contribution is 2.39. The fraction of sp³-hybridized carbons (Fsp3) is 0.0893. The van der Waals surface area contributed by atoms with Gasteiger partial charge in [-0.1, -0.05) is 108 Å². The fourth-order valence-corrected chi connectivity index (χ4v) is 8.52. The van der Waals surface area contributed by atoms with E-state index in [1.807, 2.05) is 24.3 Å². The van der Waals surface area contributed by atoms with Gasteiger partial charge in [-0.05, 0) is 128 Å². The number of benzene rings is 5. The second-order valence-corrected chi connectivity index (χ2v) is 16.5. The number of aromatic hydroxyl groups is 2. The highest BCUT2D eigenvalue weighted by molar-refractivity contribution is 6.00. The average Bonchev–Trinajstić information content (AvgIpc) is 4.15. The zero-order valence-corrected chi connectivity index (χ0v) is 35.7. The highest BCUT2D eigenvalue weighted by Gasteiger charge is 2.19. The SMILES string of the molecule is Cc1ccc(-c2c3nc(c(-c4ccc(C)cc4)c4ccc([nH]4)c(-c4ccc(C(=O)NCCc5ccc(O)c(O)c5)cc4)c4nc(c(-c5ccc(C)cc5)c5ccc2[nH]5)C=C4)C=C3)cc1. The molecular weight excluding hydrogens is 791 g/mol. The van der Waals surface area contributed by atoms with Gasteiger partial charge in [0.2, 0.25) is 0 Å². The van der Waals surface area contributed by atoms with E-state index in [4.69, 9.17) is 9.97 Å². The molecule has 64 heavy (non-hydrogen) atoms. The Balaban J connectivity index is 1.19. The van der Waals surface area contributed by atoms with Crippen LogP contribution in [0.5, 0.6) is 11.5 Å². The van der Waals surface area contributed by atoms with Crippen LogP contribution in [-0.4, -0.2) is 42.6 Å². The van der Waals surface area contributed by atoms with Crippen LogP contribution in [0.2, 0.25) is 0 Å². The van der Waals surface area contributed by atoms with Crippen molar-refractivity contribution < 1.29 is 15.0 Å². The number of phenols is 2. The maximum Gasteiger partial charge on any atom is 0.251 e. The van der Waals surface area contributed by atoms with Crippen molar-refractivity contribution >= 4 is 52.3 Å². The van der Waals surface area contributed by atoms with Crippen LogP contribution in [0.4, 0.5) is 0 Å². The van der Waals surface area contributed by atoms with Gasteiger partial charge < -0.3 is 25.5 Å². The smallest absolute Gasteiger partial charge is 0.251 e. The number of aryl methyl sites for hydroxylation is 3. The minimum absolute atomic E-state index is 0.175. The number of aromatic nitrogens is 4. The van der Waals surface area contributed by atoms with Crippen LogP contribution >= 0.6 is 0 Å². The number of carbonyl (C=O) groups excluding carboxylic acids is 1. The van der Waals surface area contributed by atoms with Crippen molar-refractivity contribution in [2.75, 3.05) is 6.54 Å². The van der Waals surface area contributed by atoms with E-state index in [9.17, 15) is 15.0 Å². The number of hydrogen-bond acceptors (Lipinski definition) is 5. The number of rotatable bonds is 8. The van der Waals surface area contributed by atoms with Crippen LogP contribution in [0.3, 0.4) is 0 Å². The molecule has 312 valence electrons. The Kier molecular flexibility index (Phi) is 10.3. The number of amides is 1. The maximum atomic E-state index is 13.4. The maximum absolute atomic E-state index is 13.4. The standard InChI is InChI=1S/C56H45N5O3/c1-33-4-11-37(12-5-33)52-42-21-23-44(58-42)53(38-13-6-34(2)7-14-38)46-25-27-48(60-46)55(40-17-19-41(20-18-40)56(64)57-31-30-36-10-29-50(62)51(63)32-36)49-28-26-47(61-49)54(45-24-22-43(52)59-45)39-15-8-35(3)9-16-39/h4-29,32,58,61-63H,30-31H2,1-3H3,(H,57,64). The van der Waals surface area contributed by atoms with Crippen LogP contribution in [0.15, 0.2) is 140 Å². The van der Waals surface area contributed by atoms with E-state index in [1.165, 1.54) is 28.8 Å². The average molecular weight is 836 g/mol. The zero-order chi connectivity index (χ0) is 43.9. The molecule has 1 amide bonds. The summed E-state index contributed by atoms with van der Waals surface area (Å²) in [4.78, 5) is 31.8. The Morgan fingerprint density at radius 1 is 0.469 bits per heavy atom. The van der Waals surface area contributed by atoms with Gasteiger partial charge in [0.15, 0.2) is 11.5 Å². The first-order valence-electron chi connectivity index (χ1n) is 21.4. The summed E-state index contributed by atoms with van der Waals surface area (Å²) in [5, 5.41) is 22.6. The van der Waals surface area contributed by atoms with Crippen molar-refractivity contribution in [3.8, 4) is 56.0 Å². The molecule has 0 fully saturated rings. The molecule has 0 saturated heterocycles. The molecule has 0 saturated carbocycles. The van der Waals surface area contributed by atoms with E-state index in [-0.39, 0.29) is 17.4 Å². The molecule has 8 heteroatoms. The second kappa shape index (κ2) is 16.6. The minimum atomic E-state index is -0.210. The van der Waals surface area contributed by atoms with Gasteiger partial charge in [0.1, 0.15) is 0 Å². The summed E-state index contributed by atoms with van der Waals surface area (Å²) in [5.74, 6) is -0.570. The van der Waals surface area contributed by atoms with Gasteiger partial charge in [-0.2, -0.15) is 0 Å². The lowest BCUT2D eigenvalue weighted by Gasteiger charge is -2.09. The summed E-state index contributed by atoms with van der Waals surface area (Å²) in [5.41, 5.74) is 19.6. The molecule has 0 spiro atoms. The van der Waals surface area contributed by atoms with Crippen molar-refractivity contribution in [2.45, 2.75) is 27.2 Å². The molecule has 2 aliphatic rings. The zero-order valence-electron chi connectivity index (χ0n) is 35.7. The lowest BCUT2D eigenvalue weighted by molar-refractivity contribution is 0.0954. The first kappa shape index (κ1) is 39.9. The third kappa shape index (κ3) is 7.78. The molecule has 0 unspecified atom stereocenters. The van der Waals surface area contributed by atoms with Gasteiger partial charge in [-0.3, -0.25) is 4.79 Å². The van der Waals surface area contributed by atoms with Gasteiger partial charge in [0.25, 0.3) is 5.91 Å². The molecule has 5 aromatic carbocycles. The second-order valence-electron chi connectivity index (χ2n) is 16.5. The topological polar surface area (TPSA) is 127 Å². The number of nitrogens with zero attached hydrogens (tertiary/aromatic N) is 2. The molecule has 8 aromatic rings. The van der Waals surface area contributed by atoms with Gasteiger partial charge in [0, 0.05) is 56.4 Å². The number of hydrogen-bond donors (Lipinski definition) is 5. The molecule has 8 nitrogen and oxygen atoms in total. The van der Waals surface area contributed by atoms with Gasteiger partial charge in [-0.25, -0.2) is 9.97 Å². The summed E-state index contributed by atoms with van der Waals surface area (Å²) in [6.07, 6.45) is 8.88. The van der Waals surface area contributed by atoms with Crippen LogP contribution in [0.25, 0.3) is 90.9 Å². The van der Waals surface area contributed by atoms with E-state index in [0.29, 0.717) is 18.5 Å². The molecule has 8 bridgehead atoms. The van der Waals surface area contributed by atoms with Crippen LogP contribution < -0.4 is 5.32 Å².